The van der Waals surface area contributed by atoms with Gasteiger partial charge in [0, 0.05) is 37.1 Å². The number of carbonyl (C=O) groups is 1. The van der Waals surface area contributed by atoms with Gasteiger partial charge in [-0.05, 0) is 24.7 Å². The number of hydrogen-bond donors (Lipinski definition) is 1. The number of nitrogens with zero attached hydrogens (tertiary/aromatic N) is 3. The summed E-state index contributed by atoms with van der Waals surface area (Å²) in [6, 6.07) is 3.81. The molecular weight excluding hydrogens is 320 g/mol. The normalized spacial score (nSPS) is 18.9. The minimum absolute atomic E-state index is 0.0461. The lowest BCUT2D eigenvalue weighted by Gasteiger charge is -2.32. The summed E-state index contributed by atoms with van der Waals surface area (Å²) in [5, 5.41) is 0. The van der Waals surface area contributed by atoms with E-state index in [9.17, 15) is 4.79 Å². The highest BCUT2D eigenvalue weighted by atomic mass is 79.9. The maximum Gasteiger partial charge on any atom is 0.268 e. The van der Waals surface area contributed by atoms with Crippen molar-refractivity contribution < 1.29 is 4.79 Å². The third-order valence-corrected chi connectivity index (χ3v) is 4.28. The van der Waals surface area contributed by atoms with E-state index in [-0.39, 0.29) is 5.91 Å². The van der Waals surface area contributed by atoms with E-state index in [1.165, 1.54) is 0 Å². The van der Waals surface area contributed by atoms with Crippen molar-refractivity contribution in [2.45, 2.75) is 6.42 Å². The van der Waals surface area contributed by atoms with E-state index in [0.717, 1.165) is 41.9 Å². The summed E-state index contributed by atoms with van der Waals surface area (Å²) in [6.07, 6.45) is 0.574. The van der Waals surface area contributed by atoms with Gasteiger partial charge < -0.3 is 15.5 Å². The van der Waals surface area contributed by atoms with Gasteiger partial charge in [0.1, 0.15) is 5.71 Å². The van der Waals surface area contributed by atoms with Crippen LogP contribution in [-0.4, -0.2) is 54.6 Å². The molecule has 0 aliphatic carbocycles. The van der Waals surface area contributed by atoms with Crippen LogP contribution in [0.2, 0.25) is 0 Å². The summed E-state index contributed by atoms with van der Waals surface area (Å²) < 4.78 is 0.928. The Morgan fingerprint density at radius 3 is 2.70 bits per heavy atom. The molecular formula is C14H17BrN4O. The molecule has 0 atom stereocenters. The smallest absolute Gasteiger partial charge is 0.268 e. The SMILES string of the molecule is CN1CCN(C(=O)C2=Nc3c(N)cc(Br)cc3C2)CC1. The second-order valence-electron chi connectivity index (χ2n) is 5.33. The fraction of sp³-hybridized carbons (Fsp3) is 0.429. The molecule has 106 valence electrons. The van der Waals surface area contributed by atoms with Crippen LogP contribution in [0.5, 0.6) is 0 Å². The van der Waals surface area contributed by atoms with Crippen LogP contribution in [-0.2, 0) is 11.2 Å². The fourth-order valence-corrected chi connectivity index (χ4v) is 3.14. The topological polar surface area (TPSA) is 61.9 Å². The molecule has 0 aromatic heterocycles. The molecule has 1 fully saturated rings. The zero-order chi connectivity index (χ0) is 14.3. The average Bonchev–Trinajstić information content (AvgIpc) is 2.83. The monoisotopic (exact) mass is 336 g/mol. The number of nitrogen functional groups attached to an aromatic ring is 1. The first-order valence-corrected chi connectivity index (χ1v) is 7.47. The molecule has 2 N–H and O–H groups in total. The summed E-state index contributed by atoms with van der Waals surface area (Å²) in [7, 11) is 2.07. The maximum atomic E-state index is 12.5. The van der Waals surface area contributed by atoms with Crippen LogP contribution >= 0.6 is 15.9 Å². The van der Waals surface area contributed by atoms with Crippen molar-refractivity contribution in [2.75, 3.05) is 39.0 Å². The van der Waals surface area contributed by atoms with E-state index in [4.69, 9.17) is 5.73 Å². The first-order chi connectivity index (χ1) is 9.54. The molecule has 2 heterocycles. The van der Waals surface area contributed by atoms with Gasteiger partial charge in [-0.2, -0.15) is 0 Å². The van der Waals surface area contributed by atoms with Gasteiger partial charge in [-0.25, -0.2) is 4.99 Å². The number of halogens is 1. The lowest BCUT2D eigenvalue weighted by molar-refractivity contribution is -0.125. The first kappa shape index (κ1) is 13.6. The number of rotatable bonds is 1. The molecule has 5 nitrogen and oxygen atoms in total. The molecule has 0 radical (unpaired) electrons. The van der Waals surface area contributed by atoms with Crippen LogP contribution in [0.4, 0.5) is 11.4 Å². The number of aliphatic imine (C=N–C) groups is 1. The van der Waals surface area contributed by atoms with Crippen molar-refractivity contribution in [1.29, 1.82) is 0 Å². The van der Waals surface area contributed by atoms with Gasteiger partial charge in [0.15, 0.2) is 0 Å². The van der Waals surface area contributed by atoms with Crippen molar-refractivity contribution in [1.82, 2.24) is 9.80 Å². The Morgan fingerprint density at radius 2 is 2.00 bits per heavy atom. The molecule has 0 bridgehead atoms. The Bertz CT molecular complexity index is 591. The van der Waals surface area contributed by atoms with Crippen LogP contribution in [0.25, 0.3) is 0 Å². The number of nitrogens with two attached hydrogens (primary N) is 1. The quantitative estimate of drug-likeness (QED) is 0.789. The minimum Gasteiger partial charge on any atom is -0.397 e. The van der Waals surface area contributed by atoms with Gasteiger partial charge in [0.25, 0.3) is 5.91 Å². The Kier molecular flexibility index (Phi) is 3.52. The molecule has 0 spiro atoms. The van der Waals surface area contributed by atoms with E-state index in [1.54, 1.807) is 0 Å². The van der Waals surface area contributed by atoms with Crippen molar-refractivity contribution in [2.24, 2.45) is 4.99 Å². The van der Waals surface area contributed by atoms with Gasteiger partial charge in [-0.15, -0.1) is 0 Å². The summed E-state index contributed by atoms with van der Waals surface area (Å²) in [5.41, 5.74) is 8.97. The van der Waals surface area contributed by atoms with Crippen molar-refractivity contribution in [3.05, 3.63) is 22.2 Å². The molecule has 1 amide bonds. The molecule has 1 aromatic carbocycles. The van der Waals surface area contributed by atoms with Crippen LogP contribution in [0.15, 0.2) is 21.6 Å². The Balaban J connectivity index is 1.79. The lowest BCUT2D eigenvalue weighted by atomic mass is 10.1. The standard InChI is InChI=1S/C14H17BrN4O/c1-18-2-4-19(5-3-18)14(20)12-7-9-6-10(15)8-11(16)13(9)17-12/h6,8H,2-5,7,16H2,1H3. The molecule has 6 heteroatoms. The highest BCUT2D eigenvalue weighted by Crippen LogP contribution is 2.35. The molecule has 20 heavy (non-hydrogen) atoms. The van der Waals surface area contributed by atoms with Crippen LogP contribution in [0, 0.1) is 0 Å². The van der Waals surface area contributed by atoms with Gasteiger partial charge in [-0.1, -0.05) is 15.9 Å². The molecule has 1 saturated heterocycles. The molecule has 2 aliphatic heterocycles. The number of carbonyl (C=O) groups excluding carboxylic acids is 1. The summed E-state index contributed by atoms with van der Waals surface area (Å²) in [4.78, 5) is 21.1. The van der Waals surface area contributed by atoms with Gasteiger partial charge in [-0.3, -0.25) is 4.79 Å². The van der Waals surface area contributed by atoms with Crippen LogP contribution < -0.4 is 5.73 Å². The maximum absolute atomic E-state index is 12.5. The van der Waals surface area contributed by atoms with Crippen molar-refractivity contribution in [3.8, 4) is 0 Å². The van der Waals surface area contributed by atoms with E-state index in [1.807, 2.05) is 17.0 Å². The average molecular weight is 337 g/mol. The van der Waals surface area contributed by atoms with Gasteiger partial charge in [0.2, 0.25) is 0 Å². The summed E-state index contributed by atoms with van der Waals surface area (Å²) in [5.74, 6) is 0.0461. The third kappa shape index (κ3) is 2.45. The van der Waals surface area contributed by atoms with E-state index in [0.29, 0.717) is 17.8 Å². The predicted molar refractivity (Wildman–Crippen MR) is 83.4 cm³/mol. The second-order valence-corrected chi connectivity index (χ2v) is 6.25. The number of amides is 1. The fourth-order valence-electron chi connectivity index (χ4n) is 2.62. The minimum atomic E-state index is 0.0461. The largest absolute Gasteiger partial charge is 0.397 e. The van der Waals surface area contributed by atoms with Gasteiger partial charge >= 0.3 is 0 Å². The highest BCUT2D eigenvalue weighted by molar-refractivity contribution is 9.10. The number of hydrogen-bond acceptors (Lipinski definition) is 4. The number of likely N-dealkylation sites (N-methyl/N-ethyl adjacent to an activating group) is 1. The first-order valence-electron chi connectivity index (χ1n) is 6.68. The van der Waals surface area contributed by atoms with E-state index < -0.39 is 0 Å². The zero-order valence-electron chi connectivity index (χ0n) is 11.4. The molecule has 2 aliphatic rings. The number of benzene rings is 1. The Hall–Kier alpha value is -1.40. The summed E-state index contributed by atoms with van der Waals surface area (Å²) in [6.45, 7) is 3.37. The Labute approximate surface area is 126 Å². The summed E-state index contributed by atoms with van der Waals surface area (Å²) >= 11 is 3.42. The van der Waals surface area contributed by atoms with E-state index >= 15 is 0 Å². The predicted octanol–water partition coefficient (Wildman–Crippen LogP) is 1.43. The lowest BCUT2D eigenvalue weighted by Crippen LogP contribution is -2.49. The van der Waals surface area contributed by atoms with Crippen molar-refractivity contribution in [3.63, 3.8) is 0 Å². The second kappa shape index (κ2) is 5.18. The van der Waals surface area contributed by atoms with Gasteiger partial charge in [0.05, 0.1) is 11.4 Å². The van der Waals surface area contributed by atoms with Crippen molar-refractivity contribution >= 4 is 38.9 Å². The van der Waals surface area contributed by atoms with E-state index in [2.05, 4.69) is 32.9 Å². The van der Waals surface area contributed by atoms with Crippen LogP contribution in [0.3, 0.4) is 0 Å². The highest BCUT2D eigenvalue weighted by Gasteiger charge is 2.28. The van der Waals surface area contributed by atoms with Crippen LogP contribution in [0.1, 0.15) is 5.56 Å². The molecule has 0 unspecified atom stereocenters. The molecule has 3 rings (SSSR count). The molecule has 0 saturated carbocycles. The molecule has 1 aromatic rings. The zero-order valence-corrected chi connectivity index (χ0v) is 13.0. The number of fused-ring (bicyclic) bond motifs is 1. The number of piperazine rings is 1. The third-order valence-electron chi connectivity index (χ3n) is 3.83. The number of anilines is 1. The Morgan fingerprint density at radius 1 is 1.30 bits per heavy atom.